The molecule has 0 saturated heterocycles. The lowest BCUT2D eigenvalue weighted by atomic mass is 10.7. The third-order valence-corrected chi connectivity index (χ3v) is 0.583. The van der Waals surface area contributed by atoms with Crippen molar-refractivity contribution in [3.63, 3.8) is 0 Å². The first-order chi connectivity index (χ1) is 5.54. The van der Waals surface area contributed by atoms with Crippen molar-refractivity contribution in [2.45, 2.75) is 13.8 Å². The van der Waals surface area contributed by atoms with E-state index >= 15 is 0 Å². The zero-order chi connectivity index (χ0) is 9.98. The Morgan fingerprint density at radius 1 is 1.25 bits per heavy atom. The molecule has 0 rings (SSSR count). The number of rotatable bonds is 2. The number of hydrogen-bond donors (Lipinski definition) is 1. The third-order valence-electron chi connectivity index (χ3n) is 0.583. The Morgan fingerprint density at radius 3 is 1.67 bits per heavy atom. The van der Waals surface area contributed by atoms with E-state index in [0.717, 1.165) is 0 Å². The van der Waals surface area contributed by atoms with Crippen LogP contribution < -0.4 is 0 Å². The van der Waals surface area contributed by atoms with Crippen molar-refractivity contribution in [3.05, 3.63) is 0 Å². The molecule has 0 aromatic carbocycles. The van der Waals surface area contributed by atoms with E-state index < -0.39 is 11.9 Å². The van der Waals surface area contributed by atoms with Gasteiger partial charge in [-0.25, -0.2) is 0 Å². The summed E-state index contributed by atoms with van der Waals surface area (Å²) in [4.78, 5) is 19.6. The highest BCUT2D eigenvalue weighted by Crippen LogP contribution is 1.73. The average molecular weight is 178 g/mol. The van der Waals surface area contributed by atoms with Crippen molar-refractivity contribution in [1.29, 1.82) is 0 Å². The van der Waals surface area contributed by atoms with Crippen molar-refractivity contribution in [2.24, 2.45) is 0 Å². The Morgan fingerprint density at radius 2 is 1.67 bits per heavy atom. The molecule has 0 saturated carbocycles. The largest absolute Gasteiger partial charge is 0.394 e. The minimum atomic E-state index is -0.562. The first-order valence-corrected chi connectivity index (χ1v) is 3.33. The quantitative estimate of drug-likeness (QED) is 0.465. The molecule has 5 nitrogen and oxygen atoms in total. The maximum absolute atomic E-state index is 9.81. The second kappa shape index (κ2) is 10.1. The van der Waals surface area contributed by atoms with Gasteiger partial charge in [-0.15, -0.1) is 0 Å². The van der Waals surface area contributed by atoms with Crippen LogP contribution in [0.5, 0.6) is 0 Å². The molecule has 0 aliphatic heterocycles. The van der Waals surface area contributed by atoms with Crippen molar-refractivity contribution < 1.29 is 24.2 Å². The fourth-order valence-electron chi connectivity index (χ4n) is 0.294. The molecule has 72 valence electrons. The van der Waals surface area contributed by atoms with Gasteiger partial charge in [-0.1, -0.05) is 0 Å². The van der Waals surface area contributed by atoms with Crippen molar-refractivity contribution >= 4 is 11.9 Å². The van der Waals surface area contributed by atoms with Gasteiger partial charge in [0.15, 0.2) is 0 Å². The Balaban J connectivity index is 0. The molecule has 0 aromatic rings. The van der Waals surface area contributed by atoms with Gasteiger partial charge in [0.2, 0.25) is 0 Å². The van der Waals surface area contributed by atoms with Crippen LogP contribution >= 0.6 is 0 Å². The minimum Gasteiger partial charge on any atom is -0.394 e. The van der Waals surface area contributed by atoms with Gasteiger partial charge >= 0.3 is 11.9 Å². The normalized spacial score (nSPS) is 8.00. The van der Waals surface area contributed by atoms with Gasteiger partial charge in [0, 0.05) is 21.0 Å². The summed E-state index contributed by atoms with van der Waals surface area (Å²) in [6.45, 7) is 2.93. The fourth-order valence-corrected chi connectivity index (χ4v) is 0.294. The van der Waals surface area contributed by atoms with Crippen LogP contribution in [0, 0.1) is 0 Å². The van der Waals surface area contributed by atoms with Crippen LogP contribution in [0.4, 0.5) is 0 Å². The number of aliphatic hydroxyl groups is 1. The average Bonchev–Trinajstić information content (AvgIpc) is 1.87. The molecular formula is C7H14O5. The predicted molar refractivity (Wildman–Crippen MR) is 41.4 cm³/mol. The molecule has 0 spiro atoms. The molecule has 0 heterocycles. The van der Waals surface area contributed by atoms with Crippen LogP contribution in [0.25, 0.3) is 0 Å². The van der Waals surface area contributed by atoms with Crippen molar-refractivity contribution in [2.75, 3.05) is 20.3 Å². The molecule has 0 radical (unpaired) electrons. The number of aliphatic hydroxyl groups excluding tert-OH is 1. The van der Waals surface area contributed by atoms with Crippen molar-refractivity contribution in [3.8, 4) is 0 Å². The minimum absolute atomic E-state index is 0.122. The van der Waals surface area contributed by atoms with Crippen LogP contribution in [0.2, 0.25) is 0 Å². The summed E-state index contributed by atoms with van der Waals surface area (Å²) in [5.74, 6) is -1.12. The summed E-state index contributed by atoms with van der Waals surface area (Å²) >= 11 is 0. The molecule has 5 heteroatoms. The van der Waals surface area contributed by atoms with Crippen LogP contribution in [0.15, 0.2) is 0 Å². The summed E-state index contributed by atoms with van der Waals surface area (Å²) < 4.78 is 8.41. The fraction of sp³-hybridized carbons (Fsp3) is 0.714. The molecule has 0 amide bonds. The maximum atomic E-state index is 9.81. The molecule has 12 heavy (non-hydrogen) atoms. The summed E-state index contributed by atoms with van der Waals surface area (Å²) in [6, 6.07) is 0. The Hall–Kier alpha value is -0.940. The Bertz CT molecular complexity index is 118. The Kier molecular flexibility index (Phi) is 11.4. The van der Waals surface area contributed by atoms with E-state index in [1.807, 2.05) is 0 Å². The van der Waals surface area contributed by atoms with Gasteiger partial charge in [-0.05, 0) is 0 Å². The summed E-state index contributed by atoms with van der Waals surface area (Å²) in [5, 5.41) is 7.94. The molecule has 0 aliphatic rings. The predicted octanol–water partition coefficient (Wildman–Crippen LogP) is -0.279. The van der Waals surface area contributed by atoms with Crippen LogP contribution in [-0.2, 0) is 19.1 Å². The van der Waals surface area contributed by atoms with Gasteiger partial charge in [0.1, 0.15) is 0 Å². The molecule has 0 aromatic heterocycles. The second-order valence-corrected chi connectivity index (χ2v) is 1.80. The molecule has 0 unspecified atom stereocenters. The van der Waals surface area contributed by atoms with Gasteiger partial charge in [-0.3, -0.25) is 9.59 Å². The summed E-state index contributed by atoms with van der Waals surface area (Å²) in [7, 11) is 1.55. The molecule has 0 bridgehead atoms. The van der Waals surface area contributed by atoms with Gasteiger partial charge in [-0.2, -0.15) is 0 Å². The third kappa shape index (κ3) is 23.0. The number of ether oxygens (including phenoxy) is 2. The van der Waals surface area contributed by atoms with Crippen LogP contribution in [-0.4, -0.2) is 37.4 Å². The number of carbonyl (C=O) groups is 2. The zero-order valence-corrected chi connectivity index (χ0v) is 7.49. The monoisotopic (exact) mass is 178 g/mol. The zero-order valence-electron chi connectivity index (χ0n) is 7.49. The first kappa shape index (κ1) is 13.6. The number of esters is 2. The van der Waals surface area contributed by atoms with Crippen LogP contribution in [0.3, 0.4) is 0 Å². The van der Waals surface area contributed by atoms with E-state index in [1.165, 1.54) is 13.8 Å². The van der Waals surface area contributed by atoms with E-state index in [9.17, 15) is 9.59 Å². The topological polar surface area (TPSA) is 72.8 Å². The van der Waals surface area contributed by atoms with E-state index in [0.29, 0.717) is 6.61 Å². The summed E-state index contributed by atoms with van der Waals surface area (Å²) in [6.07, 6.45) is 0. The summed E-state index contributed by atoms with van der Waals surface area (Å²) in [5.41, 5.74) is 0. The lowest BCUT2D eigenvalue weighted by Crippen LogP contribution is -2.03. The van der Waals surface area contributed by atoms with E-state index in [4.69, 9.17) is 5.11 Å². The van der Waals surface area contributed by atoms with E-state index in [-0.39, 0.29) is 6.61 Å². The maximum Gasteiger partial charge on any atom is 0.310 e. The van der Waals surface area contributed by atoms with Gasteiger partial charge < -0.3 is 14.6 Å². The number of carbonyl (C=O) groups excluding carboxylic acids is 2. The van der Waals surface area contributed by atoms with E-state index in [1.54, 1.807) is 7.11 Å². The van der Waals surface area contributed by atoms with Crippen molar-refractivity contribution in [1.82, 2.24) is 0 Å². The molecule has 0 atom stereocenters. The smallest absolute Gasteiger partial charge is 0.310 e. The number of hydrogen-bond acceptors (Lipinski definition) is 5. The molecule has 1 N–H and O–H groups in total. The Labute approximate surface area is 71.3 Å². The molecular weight excluding hydrogens is 164 g/mol. The first-order valence-electron chi connectivity index (χ1n) is 3.33. The lowest BCUT2D eigenvalue weighted by Gasteiger charge is -1.87. The molecule has 0 fully saturated rings. The second-order valence-electron chi connectivity index (χ2n) is 1.80. The highest BCUT2D eigenvalue weighted by atomic mass is 16.6. The van der Waals surface area contributed by atoms with Crippen LogP contribution in [0.1, 0.15) is 13.8 Å². The SMILES string of the molecule is CC(=O)OC(C)=O.COCCO. The highest BCUT2D eigenvalue weighted by Gasteiger charge is 1.93. The van der Waals surface area contributed by atoms with Gasteiger partial charge in [0.25, 0.3) is 0 Å². The highest BCUT2D eigenvalue weighted by molar-refractivity contribution is 5.82. The van der Waals surface area contributed by atoms with E-state index in [2.05, 4.69) is 9.47 Å². The lowest BCUT2D eigenvalue weighted by molar-refractivity contribution is -0.156. The molecule has 0 aliphatic carbocycles. The number of methoxy groups -OCH3 is 1. The standard InChI is InChI=1S/C4H6O3.C3H8O2/c1-3(5)7-4(2)6;1-5-3-2-4/h1-2H3;4H,2-3H2,1H3. The van der Waals surface area contributed by atoms with Gasteiger partial charge in [0.05, 0.1) is 13.2 Å².